The molecule has 0 unspecified atom stereocenters. The monoisotopic (exact) mass is 321 g/mol. The van der Waals surface area contributed by atoms with E-state index in [1.165, 1.54) is 23.0 Å². The quantitative estimate of drug-likeness (QED) is 0.849. The van der Waals surface area contributed by atoms with Crippen LogP contribution in [0, 0.1) is 0 Å². The molecule has 116 valence electrons. The van der Waals surface area contributed by atoms with Gasteiger partial charge < -0.3 is 19.1 Å². The van der Waals surface area contributed by atoms with Crippen molar-refractivity contribution in [2.24, 2.45) is 7.05 Å². The Hall–Kier alpha value is -2.54. The molecule has 0 saturated carbocycles. The van der Waals surface area contributed by atoms with Crippen molar-refractivity contribution in [3.8, 4) is 11.5 Å². The molecule has 1 N–H and O–H groups in total. The number of carbonyl (C=O) groups is 1. The Balaban J connectivity index is 2.41. The standard InChI is InChI=1S/C15H15NO5S/c1-9-16(2)15(19)13(22-9)7-10-4-5-11(12(6-10)20-3)21-8-14(17)18/h4-7H,1,8H2,2-3H3,(H,17,18). The van der Waals surface area contributed by atoms with Gasteiger partial charge in [-0.05, 0) is 23.8 Å². The number of hydrogen-bond acceptors (Lipinski definition) is 5. The summed E-state index contributed by atoms with van der Waals surface area (Å²) in [7, 11) is 3.13. The van der Waals surface area contributed by atoms with E-state index in [0.29, 0.717) is 20.7 Å². The third-order valence-electron chi connectivity index (χ3n) is 2.95. The highest BCUT2D eigenvalue weighted by Gasteiger charge is 2.07. The normalized spacial score (nSPS) is 11.5. The SMILES string of the molecule is C=c1sc(=Cc2ccc(OCC(=O)O)c(OC)c2)c(=O)n1C. The third-order valence-corrected chi connectivity index (χ3v) is 3.98. The van der Waals surface area contributed by atoms with Crippen LogP contribution < -0.4 is 24.2 Å². The van der Waals surface area contributed by atoms with Crippen molar-refractivity contribution in [3.63, 3.8) is 0 Å². The van der Waals surface area contributed by atoms with E-state index in [-0.39, 0.29) is 5.56 Å². The Morgan fingerprint density at radius 2 is 2.18 bits per heavy atom. The van der Waals surface area contributed by atoms with Crippen LogP contribution in [0.2, 0.25) is 0 Å². The highest BCUT2D eigenvalue weighted by Crippen LogP contribution is 2.28. The summed E-state index contributed by atoms with van der Waals surface area (Å²) in [5.74, 6) is -0.333. The largest absolute Gasteiger partial charge is 0.493 e. The first-order valence-electron chi connectivity index (χ1n) is 6.31. The Morgan fingerprint density at radius 1 is 1.45 bits per heavy atom. The molecule has 2 rings (SSSR count). The Kier molecular flexibility index (Phi) is 4.67. The van der Waals surface area contributed by atoms with E-state index in [1.54, 1.807) is 31.3 Å². The molecule has 0 atom stereocenters. The predicted octanol–water partition coefficient (Wildman–Crippen LogP) is 0.158. The van der Waals surface area contributed by atoms with Crippen LogP contribution in [0.15, 0.2) is 23.0 Å². The maximum atomic E-state index is 12.0. The van der Waals surface area contributed by atoms with E-state index in [4.69, 9.17) is 14.6 Å². The summed E-state index contributed by atoms with van der Waals surface area (Å²) in [6.45, 7) is 3.34. The average molecular weight is 321 g/mol. The zero-order chi connectivity index (χ0) is 16.3. The molecule has 0 amide bonds. The number of ether oxygens (including phenoxy) is 2. The first kappa shape index (κ1) is 15.8. The molecule has 7 heteroatoms. The number of thiazole rings is 1. The van der Waals surface area contributed by atoms with Crippen LogP contribution in [0.3, 0.4) is 0 Å². The van der Waals surface area contributed by atoms with Gasteiger partial charge in [-0.1, -0.05) is 12.6 Å². The molecule has 22 heavy (non-hydrogen) atoms. The topological polar surface area (TPSA) is 77.8 Å². The van der Waals surface area contributed by atoms with E-state index in [1.807, 2.05) is 0 Å². The molecule has 0 aliphatic carbocycles. The number of aliphatic carboxylic acids is 1. The first-order valence-corrected chi connectivity index (χ1v) is 7.13. The smallest absolute Gasteiger partial charge is 0.341 e. The fraction of sp³-hybridized carbons (Fsp3) is 0.200. The molecule has 1 heterocycles. The van der Waals surface area contributed by atoms with Crippen LogP contribution in [-0.2, 0) is 11.8 Å². The van der Waals surface area contributed by atoms with Crippen LogP contribution in [0.25, 0.3) is 12.7 Å². The van der Waals surface area contributed by atoms with E-state index in [2.05, 4.69) is 6.58 Å². The molecule has 2 aromatic rings. The van der Waals surface area contributed by atoms with Crippen molar-refractivity contribution in [1.82, 2.24) is 4.57 Å². The van der Waals surface area contributed by atoms with Gasteiger partial charge in [0.15, 0.2) is 18.1 Å². The van der Waals surface area contributed by atoms with Gasteiger partial charge in [-0.3, -0.25) is 4.79 Å². The highest BCUT2D eigenvalue weighted by atomic mass is 32.1. The second kappa shape index (κ2) is 6.48. The first-order chi connectivity index (χ1) is 10.4. The number of nitrogens with zero attached hydrogens (tertiary/aromatic N) is 1. The highest BCUT2D eigenvalue weighted by molar-refractivity contribution is 7.07. The second-order valence-corrected chi connectivity index (χ2v) is 5.58. The lowest BCUT2D eigenvalue weighted by Crippen LogP contribution is -2.28. The lowest BCUT2D eigenvalue weighted by atomic mass is 10.2. The number of hydrogen-bond donors (Lipinski definition) is 1. The van der Waals surface area contributed by atoms with Crippen molar-refractivity contribution in [2.45, 2.75) is 0 Å². The molecular formula is C15H15NO5S. The Bertz CT molecular complexity index is 865. The molecule has 0 aliphatic rings. The van der Waals surface area contributed by atoms with Crippen molar-refractivity contribution in [3.05, 3.63) is 43.3 Å². The van der Waals surface area contributed by atoms with Gasteiger partial charge in [0.1, 0.15) is 0 Å². The number of carboxylic acids is 1. The summed E-state index contributed by atoms with van der Waals surface area (Å²) in [4.78, 5) is 22.5. The molecule has 1 aromatic carbocycles. The molecule has 0 saturated heterocycles. The fourth-order valence-corrected chi connectivity index (χ4v) is 2.69. The number of aromatic nitrogens is 1. The van der Waals surface area contributed by atoms with Crippen LogP contribution in [-0.4, -0.2) is 29.4 Å². The van der Waals surface area contributed by atoms with Crippen molar-refractivity contribution in [2.75, 3.05) is 13.7 Å². The number of rotatable bonds is 5. The Morgan fingerprint density at radius 3 is 2.73 bits per heavy atom. The molecule has 0 bridgehead atoms. The minimum Gasteiger partial charge on any atom is -0.493 e. The molecule has 1 aromatic heterocycles. The zero-order valence-electron chi connectivity index (χ0n) is 12.2. The van der Waals surface area contributed by atoms with E-state index in [9.17, 15) is 9.59 Å². The molecule has 0 aliphatic heterocycles. The van der Waals surface area contributed by atoms with Crippen LogP contribution in [0.1, 0.15) is 5.56 Å². The minimum atomic E-state index is -1.07. The maximum absolute atomic E-state index is 12.0. The summed E-state index contributed by atoms with van der Waals surface area (Å²) in [5.41, 5.74) is 0.638. The Labute approximate surface area is 130 Å². The van der Waals surface area contributed by atoms with Gasteiger partial charge in [-0.25, -0.2) is 4.79 Å². The van der Waals surface area contributed by atoms with Gasteiger partial charge in [-0.2, -0.15) is 0 Å². The van der Waals surface area contributed by atoms with Crippen LogP contribution >= 0.6 is 11.3 Å². The number of methoxy groups -OCH3 is 1. The van der Waals surface area contributed by atoms with E-state index in [0.717, 1.165) is 5.56 Å². The molecule has 0 radical (unpaired) electrons. The average Bonchev–Trinajstić information content (AvgIpc) is 2.73. The molecular weight excluding hydrogens is 306 g/mol. The summed E-state index contributed by atoms with van der Waals surface area (Å²) in [5, 5.41) is 8.63. The number of carboxylic acid groups (broad SMARTS) is 1. The van der Waals surface area contributed by atoms with E-state index >= 15 is 0 Å². The summed E-state index contributed by atoms with van der Waals surface area (Å²) in [6, 6.07) is 5.01. The minimum absolute atomic E-state index is 0.111. The van der Waals surface area contributed by atoms with Gasteiger partial charge in [0.25, 0.3) is 5.56 Å². The predicted molar refractivity (Wildman–Crippen MR) is 84.0 cm³/mol. The van der Waals surface area contributed by atoms with E-state index < -0.39 is 12.6 Å². The van der Waals surface area contributed by atoms with Gasteiger partial charge in [-0.15, -0.1) is 11.3 Å². The van der Waals surface area contributed by atoms with Crippen molar-refractivity contribution in [1.29, 1.82) is 0 Å². The zero-order valence-corrected chi connectivity index (χ0v) is 13.0. The fourth-order valence-electron chi connectivity index (χ4n) is 1.79. The summed E-state index contributed by atoms with van der Waals surface area (Å²) >= 11 is 1.30. The summed E-state index contributed by atoms with van der Waals surface area (Å²) < 4.78 is 13.0. The number of benzene rings is 1. The molecule has 0 fully saturated rings. The van der Waals surface area contributed by atoms with Gasteiger partial charge in [0, 0.05) is 7.05 Å². The van der Waals surface area contributed by atoms with Crippen molar-refractivity contribution >= 4 is 30.0 Å². The van der Waals surface area contributed by atoms with Crippen LogP contribution in [0.5, 0.6) is 11.5 Å². The summed E-state index contributed by atoms with van der Waals surface area (Å²) in [6.07, 6.45) is 1.73. The van der Waals surface area contributed by atoms with Gasteiger partial charge in [0.2, 0.25) is 0 Å². The lowest BCUT2D eigenvalue weighted by molar-refractivity contribution is -0.139. The maximum Gasteiger partial charge on any atom is 0.341 e. The lowest BCUT2D eigenvalue weighted by Gasteiger charge is -2.09. The third kappa shape index (κ3) is 3.37. The van der Waals surface area contributed by atoms with Gasteiger partial charge in [0.05, 0.1) is 16.3 Å². The van der Waals surface area contributed by atoms with Crippen LogP contribution in [0.4, 0.5) is 0 Å². The molecule has 6 nitrogen and oxygen atoms in total. The van der Waals surface area contributed by atoms with Crippen molar-refractivity contribution < 1.29 is 19.4 Å². The molecule has 0 spiro atoms. The second-order valence-electron chi connectivity index (χ2n) is 4.46. The van der Waals surface area contributed by atoms with Gasteiger partial charge >= 0.3 is 5.97 Å².